The van der Waals surface area contributed by atoms with E-state index in [1.165, 1.54) is 0 Å². The Labute approximate surface area is 75.3 Å². The molecular weight excluding hydrogens is 183 g/mol. The van der Waals surface area contributed by atoms with E-state index in [-0.39, 0.29) is 13.0 Å². The SMILES string of the molecule is CN(C)C[C@]1(CO)C[C@H]1C(F)(F)F. The van der Waals surface area contributed by atoms with Crippen LogP contribution in [0.5, 0.6) is 0 Å². The second-order valence-electron chi connectivity index (χ2n) is 4.06. The van der Waals surface area contributed by atoms with E-state index in [1.807, 2.05) is 0 Å². The van der Waals surface area contributed by atoms with E-state index in [9.17, 15) is 13.2 Å². The molecule has 1 rings (SSSR count). The van der Waals surface area contributed by atoms with Crippen molar-refractivity contribution in [2.75, 3.05) is 27.2 Å². The Morgan fingerprint density at radius 3 is 2.23 bits per heavy atom. The van der Waals surface area contributed by atoms with Gasteiger partial charge in [-0.1, -0.05) is 0 Å². The fourth-order valence-electron chi connectivity index (χ4n) is 1.84. The van der Waals surface area contributed by atoms with Crippen molar-refractivity contribution in [3.8, 4) is 0 Å². The van der Waals surface area contributed by atoms with Gasteiger partial charge in [0.05, 0.1) is 12.5 Å². The highest BCUT2D eigenvalue weighted by Crippen LogP contribution is 2.60. The van der Waals surface area contributed by atoms with Gasteiger partial charge in [0.1, 0.15) is 0 Å². The van der Waals surface area contributed by atoms with Gasteiger partial charge in [-0.15, -0.1) is 0 Å². The van der Waals surface area contributed by atoms with Crippen molar-refractivity contribution in [3.05, 3.63) is 0 Å². The molecule has 0 unspecified atom stereocenters. The number of halogens is 3. The highest BCUT2D eigenvalue weighted by atomic mass is 19.4. The number of aliphatic hydroxyl groups is 1. The molecule has 2 nitrogen and oxygen atoms in total. The summed E-state index contributed by atoms with van der Waals surface area (Å²) in [5, 5.41) is 8.91. The molecule has 0 aromatic rings. The number of hydrogen-bond donors (Lipinski definition) is 1. The van der Waals surface area contributed by atoms with E-state index in [1.54, 1.807) is 19.0 Å². The van der Waals surface area contributed by atoms with Gasteiger partial charge in [-0.05, 0) is 20.5 Å². The third-order valence-corrected chi connectivity index (χ3v) is 2.53. The molecule has 0 saturated heterocycles. The average molecular weight is 197 g/mol. The first kappa shape index (κ1) is 10.8. The lowest BCUT2D eigenvalue weighted by molar-refractivity contribution is -0.159. The third kappa shape index (κ3) is 2.14. The zero-order chi connectivity index (χ0) is 10.3. The molecule has 0 radical (unpaired) electrons. The summed E-state index contributed by atoms with van der Waals surface area (Å²) >= 11 is 0. The van der Waals surface area contributed by atoms with Gasteiger partial charge in [0, 0.05) is 12.0 Å². The Hall–Kier alpha value is -0.290. The van der Waals surface area contributed by atoms with Gasteiger partial charge in [-0.25, -0.2) is 0 Å². The first-order valence-electron chi connectivity index (χ1n) is 4.14. The van der Waals surface area contributed by atoms with Crippen LogP contribution in [-0.2, 0) is 0 Å². The van der Waals surface area contributed by atoms with E-state index in [0.717, 1.165) is 0 Å². The lowest BCUT2D eigenvalue weighted by Gasteiger charge is -2.20. The number of nitrogens with zero attached hydrogens (tertiary/aromatic N) is 1. The predicted octanol–water partition coefficient (Wildman–Crippen LogP) is 1.11. The summed E-state index contributed by atoms with van der Waals surface area (Å²) in [5.41, 5.74) is -0.929. The van der Waals surface area contributed by atoms with E-state index in [2.05, 4.69) is 0 Å². The molecule has 5 heteroatoms. The summed E-state index contributed by atoms with van der Waals surface area (Å²) in [4.78, 5) is 1.68. The summed E-state index contributed by atoms with van der Waals surface area (Å²) in [7, 11) is 3.42. The molecule has 1 aliphatic carbocycles. The Morgan fingerprint density at radius 1 is 1.46 bits per heavy atom. The molecule has 1 aliphatic rings. The first-order valence-corrected chi connectivity index (χ1v) is 4.14. The second kappa shape index (κ2) is 3.13. The minimum atomic E-state index is -4.15. The van der Waals surface area contributed by atoms with Gasteiger partial charge < -0.3 is 10.0 Å². The van der Waals surface area contributed by atoms with Crippen LogP contribution in [0.2, 0.25) is 0 Å². The van der Waals surface area contributed by atoms with E-state index in [0.29, 0.717) is 6.54 Å². The minimum absolute atomic E-state index is 0.0607. The highest BCUT2D eigenvalue weighted by Gasteiger charge is 2.66. The third-order valence-electron chi connectivity index (χ3n) is 2.53. The number of alkyl halides is 3. The Bertz CT molecular complexity index is 192. The standard InChI is InChI=1S/C8H14F3NO/c1-12(2)4-7(5-13)3-6(7)8(9,10)11/h6,13H,3-5H2,1-2H3/t6-,7+/m1/s1. The molecule has 0 aliphatic heterocycles. The largest absolute Gasteiger partial charge is 0.396 e. The molecule has 0 aromatic heterocycles. The summed E-state index contributed by atoms with van der Waals surface area (Å²) in [6.45, 7) is -0.0803. The van der Waals surface area contributed by atoms with Crippen LogP contribution in [0, 0.1) is 11.3 Å². The zero-order valence-electron chi connectivity index (χ0n) is 7.73. The number of hydrogen-bond acceptors (Lipinski definition) is 2. The Kier molecular flexibility index (Phi) is 2.60. The van der Waals surface area contributed by atoms with Gasteiger partial charge in [-0.2, -0.15) is 13.2 Å². The molecule has 0 amide bonds. The highest BCUT2D eigenvalue weighted by molar-refractivity contribution is 5.06. The Balaban J connectivity index is 2.59. The lowest BCUT2D eigenvalue weighted by Crippen LogP contribution is -2.30. The van der Waals surface area contributed by atoms with Crippen molar-refractivity contribution >= 4 is 0 Å². The fraction of sp³-hybridized carbons (Fsp3) is 1.00. The second-order valence-corrected chi connectivity index (χ2v) is 4.06. The van der Waals surface area contributed by atoms with Crippen LogP contribution < -0.4 is 0 Å². The quantitative estimate of drug-likeness (QED) is 0.732. The number of rotatable bonds is 3. The van der Waals surface area contributed by atoms with Gasteiger partial charge in [0.2, 0.25) is 0 Å². The van der Waals surface area contributed by atoms with Crippen molar-refractivity contribution in [2.24, 2.45) is 11.3 Å². The molecule has 0 spiro atoms. The first-order chi connectivity index (χ1) is 5.82. The smallest absolute Gasteiger partial charge is 0.392 e. The normalized spacial score (nSPS) is 33.9. The van der Waals surface area contributed by atoms with Crippen LogP contribution in [0.4, 0.5) is 13.2 Å². The predicted molar refractivity (Wildman–Crippen MR) is 42.2 cm³/mol. The summed E-state index contributed by atoms with van der Waals surface area (Å²) in [5.74, 6) is -1.31. The van der Waals surface area contributed by atoms with Crippen LogP contribution in [0.25, 0.3) is 0 Å². The molecule has 1 N–H and O–H groups in total. The Morgan fingerprint density at radius 2 is 2.00 bits per heavy atom. The molecular formula is C8H14F3NO. The van der Waals surface area contributed by atoms with Crippen LogP contribution in [0.15, 0.2) is 0 Å². The van der Waals surface area contributed by atoms with Crippen LogP contribution in [0.1, 0.15) is 6.42 Å². The molecule has 2 atom stereocenters. The van der Waals surface area contributed by atoms with Crippen molar-refractivity contribution in [2.45, 2.75) is 12.6 Å². The van der Waals surface area contributed by atoms with Gasteiger partial charge in [0.25, 0.3) is 0 Å². The van der Waals surface area contributed by atoms with E-state index >= 15 is 0 Å². The average Bonchev–Trinajstić information content (AvgIpc) is 2.62. The zero-order valence-corrected chi connectivity index (χ0v) is 7.73. The van der Waals surface area contributed by atoms with Crippen LogP contribution in [-0.4, -0.2) is 43.4 Å². The van der Waals surface area contributed by atoms with Crippen molar-refractivity contribution in [1.82, 2.24) is 4.90 Å². The maximum atomic E-state index is 12.2. The van der Waals surface area contributed by atoms with Crippen molar-refractivity contribution < 1.29 is 18.3 Å². The van der Waals surface area contributed by atoms with E-state index < -0.39 is 17.5 Å². The molecule has 0 bridgehead atoms. The van der Waals surface area contributed by atoms with Gasteiger partial charge >= 0.3 is 6.18 Å². The van der Waals surface area contributed by atoms with E-state index in [4.69, 9.17) is 5.11 Å². The van der Waals surface area contributed by atoms with Gasteiger partial charge in [0.15, 0.2) is 0 Å². The van der Waals surface area contributed by atoms with Crippen LogP contribution in [0.3, 0.4) is 0 Å². The fourth-order valence-corrected chi connectivity index (χ4v) is 1.84. The number of aliphatic hydroxyl groups excluding tert-OH is 1. The summed E-state index contributed by atoms with van der Waals surface area (Å²) in [6, 6.07) is 0. The minimum Gasteiger partial charge on any atom is -0.396 e. The molecule has 78 valence electrons. The molecule has 0 heterocycles. The van der Waals surface area contributed by atoms with Crippen molar-refractivity contribution in [3.63, 3.8) is 0 Å². The lowest BCUT2D eigenvalue weighted by atomic mass is 10.0. The summed E-state index contributed by atoms with van der Waals surface area (Å²) < 4.78 is 36.7. The topological polar surface area (TPSA) is 23.5 Å². The molecule has 1 saturated carbocycles. The maximum absolute atomic E-state index is 12.2. The van der Waals surface area contributed by atoms with Crippen LogP contribution >= 0.6 is 0 Å². The molecule has 13 heavy (non-hydrogen) atoms. The monoisotopic (exact) mass is 197 g/mol. The maximum Gasteiger partial charge on any atom is 0.392 e. The van der Waals surface area contributed by atoms with Gasteiger partial charge in [-0.3, -0.25) is 0 Å². The van der Waals surface area contributed by atoms with Crippen molar-refractivity contribution in [1.29, 1.82) is 0 Å². The molecule has 1 fully saturated rings. The molecule has 0 aromatic carbocycles. The summed E-state index contributed by atoms with van der Waals surface area (Å²) in [6.07, 6.45) is -4.09.